The van der Waals surface area contributed by atoms with E-state index in [1.54, 1.807) is 13.3 Å². The van der Waals surface area contributed by atoms with Crippen LogP contribution in [0.1, 0.15) is 0 Å². The molecule has 0 aromatic carbocycles. The van der Waals surface area contributed by atoms with Crippen molar-refractivity contribution in [2.24, 2.45) is 0 Å². The Morgan fingerprint density at radius 3 is 2.33 bits per heavy atom. The summed E-state index contributed by atoms with van der Waals surface area (Å²) in [6, 6.07) is 0. The highest BCUT2D eigenvalue weighted by Gasteiger charge is 2.26. The fourth-order valence-corrected chi connectivity index (χ4v) is 2.12. The third kappa shape index (κ3) is 1.31. The van der Waals surface area contributed by atoms with Gasteiger partial charge in [0.05, 0.1) is 0 Å². The third-order valence-corrected chi connectivity index (χ3v) is 4.55. The molecule has 9 heavy (non-hydrogen) atoms. The molecule has 0 atom stereocenters. The molecule has 1 fully saturated rings. The van der Waals surface area contributed by atoms with Gasteiger partial charge in [-0.15, -0.1) is 0 Å². The van der Waals surface area contributed by atoms with Crippen LogP contribution in [0.5, 0.6) is 0 Å². The van der Waals surface area contributed by atoms with Crippen molar-refractivity contribution in [1.82, 2.24) is 10.0 Å². The lowest BCUT2D eigenvalue weighted by molar-refractivity contribution is 0.517. The highest BCUT2D eigenvalue weighted by Crippen LogP contribution is 2.08. The molecular formula is C5H14N2OS. The van der Waals surface area contributed by atoms with Crippen molar-refractivity contribution in [2.45, 2.75) is 5.25 Å². The van der Waals surface area contributed by atoms with Gasteiger partial charge in [0, 0.05) is 24.6 Å². The first-order valence-electron chi connectivity index (χ1n) is 3.14. The molecule has 4 heteroatoms. The van der Waals surface area contributed by atoms with Gasteiger partial charge in [0.15, 0.2) is 0 Å². The molecule has 0 spiro atoms. The first-order valence-corrected chi connectivity index (χ1v) is 5.36. The quantitative estimate of drug-likeness (QED) is 0.430. The average molecular weight is 150 g/mol. The average Bonchev–Trinajstić information content (AvgIpc) is 1.60. The van der Waals surface area contributed by atoms with Crippen LogP contribution in [0.4, 0.5) is 0 Å². The molecular weight excluding hydrogens is 136 g/mol. The standard InChI is InChI=1S/C5H14N2OS/c1-6-9(2,8)5-3-7-4-5/h5,7,9H,3-4H2,1-2H3,(H,6,8). The Morgan fingerprint density at radius 2 is 2.22 bits per heavy atom. The summed E-state index contributed by atoms with van der Waals surface area (Å²) in [6.45, 7) is 1.82. The summed E-state index contributed by atoms with van der Waals surface area (Å²) < 4.78 is 14.3. The van der Waals surface area contributed by atoms with Crippen LogP contribution in [0.15, 0.2) is 0 Å². The molecule has 0 aliphatic carbocycles. The van der Waals surface area contributed by atoms with Crippen LogP contribution in [0, 0.1) is 0 Å². The van der Waals surface area contributed by atoms with Crippen LogP contribution in [0.3, 0.4) is 0 Å². The van der Waals surface area contributed by atoms with E-state index >= 15 is 0 Å². The lowest BCUT2D eigenvalue weighted by Gasteiger charge is -2.36. The van der Waals surface area contributed by atoms with Crippen molar-refractivity contribution in [1.29, 1.82) is 0 Å². The van der Waals surface area contributed by atoms with Crippen molar-refractivity contribution in [2.75, 3.05) is 26.4 Å². The molecule has 1 rings (SSSR count). The maximum Gasteiger partial charge on any atom is 0.0488 e. The molecule has 1 aliphatic heterocycles. The molecule has 0 radical (unpaired) electrons. The fourth-order valence-electron chi connectivity index (χ4n) is 0.804. The first-order chi connectivity index (χ1) is 4.17. The summed E-state index contributed by atoms with van der Waals surface area (Å²) in [5.41, 5.74) is 0. The molecule has 2 N–H and O–H groups in total. The summed E-state index contributed by atoms with van der Waals surface area (Å²) >= 11 is 0. The lowest BCUT2D eigenvalue weighted by Crippen LogP contribution is -2.57. The molecule has 0 bridgehead atoms. The van der Waals surface area contributed by atoms with Crippen LogP contribution in [0.2, 0.25) is 0 Å². The Morgan fingerprint density at radius 1 is 1.67 bits per heavy atom. The topological polar surface area (TPSA) is 41.1 Å². The largest absolute Gasteiger partial charge is 0.314 e. The van der Waals surface area contributed by atoms with Crippen molar-refractivity contribution in [3.8, 4) is 0 Å². The molecule has 1 aliphatic rings. The highest BCUT2D eigenvalue weighted by molar-refractivity contribution is 8.01. The maximum absolute atomic E-state index is 11.4. The monoisotopic (exact) mass is 150 g/mol. The first kappa shape index (κ1) is 7.18. The summed E-state index contributed by atoms with van der Waals surface area (Å²) in [5.74, 6) is 0. The molecule has 0 aromatic rings. The van der Waals surface area contributed by atoms with Gasteiger partial charge in [-0.3, -0.25) is 8.93 Å². The van der Waals surface area contributed by atoms with Gasteiger partial charge in [0.1, 0.15) is 0 Å². The van der Waals surface area contributed by atoms with Crippen LogP contribution in [-0.2, 0) is 10.1 Å². The smallest absolute Gasteiger partial charge is 0.0488 e. The summed E-state index contributed by atoms with van der Waals surface area (Å²) in [6.07, 6.45) is 1.80. The Balaban J connectivity index is 2.48. The van der Waals surface area contributed by atoms with Crippen molar-refractivity contribution in [3.05, 3.63) is 0 Å². The van der Waals surface area contributed by atoms with E-state index in [9.17, 15) is 4.21 Å². The van der Waals surface area contributed by atoms with Gasteiger partial charge in [-0.25, -0.2) is 0 Å². The Bertz CT molecular complexity index is 144. The van der Waals surface area contributed by atoms with Gasteiger partial charge in [0.25, 0.3) is 0 Å². The molecule has 1 saturated heterocycles. The van der Waals surface area contributed by atoms with E-state index in [2.05, 4.69) is 10.0 Å². The van der Waals surface area contributed by atoms with E-state index in [1.165, 1.54) is 0 Å². The van der Waals surface area contributed by atoms with Crippen LogP contribution >= 0.6 is 0 Å². The molecule has 0 unspecified atom stereocenters. The van der Waals surface area contributed by atoms with Crippen molar-refractivity contribution >= 4 is 10.1 Å². The molecule has 3 nitrogen and oxygen atoms in total. The van der Waals surface area contributed by atoms with Gasteiger partial charge < -0.3 is 5.32 Å². The van der Waals surface area contributed by atoms with E-state index in [0.29, 0.717) is 5.25 Å². The van der Waals surface area contributed by atoms with E-state index in [4.69, 9.17) is 0 Å². The van der Waals surface area contributed by atoms with Crippen LogP contribution < -0.4 is 10.0 Å². The zero-order valence-corrected chi connectivity index (χ0v) is 6.74. The predicted molar refractivity (Wildman–Crippen MR) is 41.2 cm³/mol. The molecule has 56 valence electrons. The third-order valence-electron chi connectivity index (χ3n) is 1.90. The second-order valence-corrected chi connectivity index (χ2v) is 5.68. The van der Waals surface area contributed by atoms with Gasteiger partial charge >= 0.3 is 0 Å². The Kier molecular flexibility index (Phi) is 1.88. The van der Waals surface area contributed by atoms with E-state index in [0.717, 1.165) is 13.1 Å². The van der Waals surface area contributed by atoms with Crippen molar-refractivity contribution in [3.63, 3.8) is 0 Å². The SMILES string of the molecule is CN[SH](C)(=O)C1CNC1. The van der Waals surface area contributed by atoms with Gasteiger partial charge in [-0.1, -0.05) is 10.1 Å². The second kappa shape index (κ2) is 2.36. The zero-order valence-electron chi connectivity index (χ0n) is 5.85. The van der Waals surface area contributed by atoms with Crippen molar-refractivity contribution < 1.29 is 4.21 Å². The molecule has 0 amide bonds. The van der Waals surface area contributed by atoms with Crippen LogP contribution in [0.25, 0.3) is 0 Å². The Labute approximate surface area is 56.8 Å². The van der Waals surface area contributed by atoms with E-state index in [-0.39, 0.29) is 0 Å². The molecule has 0 saturated carbocycles. The summed E-state index contributed by atoms with van der Waals surface area (Å²) in [7, 11) is -0.227. The molecule has 1 heterocycles. The van der Waals surface area contributed by atoms with Gasteiger partial charge in [-0.05, 0) is 7.05 Å². The minimum absolute atomic E-state index is 0.377. The second-order valence-electron chi connectivity index (χ2n) is 2.53. The number of hydrogen-bond donors (Lipinski definition) is 3. The minimum Gasteiger partial charge on any atom is -0.314 e. The summed E-state index contributed by atoms with van der Waals surface area (Å²) in [5, 5.41) is 3.47. The van der Waals surface area contributed by atoms with Gasteiger partial charge in [0.2, 0.25) is 0 Å². The van der Waals surface area contributed by atoms with E-state index in [1.807, 2.05) is 0 Å². The minimum atomic E-state index is -1.99. The number of thiol groups is 1. The normalized spacial score (nSPS) is 23.3. The number of rotatable bonds is 2. The van der Waals surface area contributed by atoms with Crippen LogP contribution in [-0.4, -0.2) is 35.9 Å². The number of nitrogens with one attached hydrogen (secondary N) is 2. The number of hydrogen-bond acceptors (Lipinski definition) is 2. The lowest BCUT2D eigenvalue weighted by atomic mass is 10.3. The zero-order chi connectivity index (χ0) is 6.91. The maximum atomic E-state index is 11.4. The Hall–Kier alpha value is 0.0700. The van der Waals surface area contributed by atoms with E-state index < -0.39 is 10.1 Å². The van der Waals surface area contributed by atoms with Gasteiger partial charge in [-0.2, -0.15) is 0 Å². The fraction of sp³-hybridized carbons (Fsp3) is 1.00. The summed E-state index contributed by atoms with van der Waals surface area (Å²) in [4.78, 5) is 0. The highest BCUT2D eigenvalue weighted by atomic mass is 32.3. The molecule has 0 aromatic heterocycles. The predicted octanol–water partition coefficient (Wildman–Crippen LogP) is -1.26.